The van der Waals surface area contributed by atoms with Gasteiger partial charge in [0.15, 0.2) is 0 Å². The van der Waals surface area contributed by atoms with Gasteiger partial charge in [0, 0.05) is 42.2 Å². The van der Waals surface area contributed by atoms with Gasteiger partial charge in [-0.2, -0.15) is 9.78 Å². The zero-order valence-corrected chi connectivity index (χ0v) is 12.1. The second-order valence-electron chi connectivity index (χ2n) is 5.59. The van der Waals surface area contributed by atoms with E-state index in [1.165, 1.54) is 4.68 Å². The predicted octanol–water partition coefficient (Wildman–Crippen LogP) is 1.17. The Kier molecular flexibility index (Phi) is 3.07. The van der Waals surface area contributed by atoms with Crippen LogP contribution in [0.3, 0.4) is 0 Å². The van der Waals surface area contributed by atoms with Gasteiger partial charge in [-0.25, -0.2) is 0 Å². The van der Waals surface area contributed by atoms with Gasteiger partial charge in [-0.15, -0.1) is 0 Å². The minimum absolute atomic E-state index is 0.0948. The van der Waals surface area contributed by atoms with E-state index < -0.39 is 0 Å². The van der Waals surface area contributed by atoms with Crippen LogP contribution < -0.4 is 11.1 Å². The number of rotatable bonds is 1. The molecule has 0 aliphatic carbocycles. The summed E-state index contributed by atoms with van der Waals surface area (Å²) in [4.78, 5) is 17.1. The zero-order chi connectivity index (χ0) is 15.1. The maximum Gasteiger partial charge on any atom is 0.256 e. The van der Waals surface area contributed by atoms with Crippen LogP contribution in [0, 0.1) is 0 Å². The molecule has 0 bridgehead atoms. The first-order chi connectivity index (χ1) is 10.8. The molecule has 7 heteroatoms. The van der Waals surface area contributed by atoms with Gasteiger partial charge in [0.2, 0.25) is 0 Å². The lowest BCUT2D eigenvalue weighted by atomic mass is 9.92. The van der Waals surface area contributed by atoms with Gasteiger partial charge in [0.25, 0.3) is 5.91 Å². The van der Waals surface area contributed by atoms with Crippen LogP contribution in [0.4, 0.5) is 11.5 Å². The topological polar surface area (TPSA) is 95.1 Å². The Balaban J connectivity index is 1.73. The van der Waals surface area contributed by atoms with E-state index in [4.69, 9.17) is 10.5 Å². The average Bonchev–Trinajstić information content (AvgIpc) is 2.91. The normalized spacial score (nSPS) is 19.9. The van der Waals surface area contributed by atoms with E-state index in [-0.39, 0.29) is 11.8 Å². The van der Waals surface area contributed by atoms with Crippen LogP contribution in [-0.4, -0.2) is 33.8 Å². The molecule has 3 N–H and O–H groups in total. The molecule has 0 spiro atoms. The van der Waals surface area contributed by atoms with Crippen LogP contribution in [-0.2, 0) is 17.8 Å². The molecule has 7 nitrogen and oxygen atoms in total. The van der Waals surface area contributed by atoms with Gasteiger partial charge >= 0.3 is 0 Å². The summed E-state index contributed by atoms with van der Waals surface area (Å²) in [5.41, 5.74) is 9.70. The summed E-state index contributed by atoms with van der Waals surface area (Å²) in [6.45, 7) is 1.80. The molecule has 2 aromatic heterocycles. The van der Waals surface area contributed by atoms with Crippen LogP contribution in [0.5, 0.6) is 0 Å². The van der Waals surface area contributed by atoms with E-state index in [2.05, 4.69) is 15.4 Å². The van der Waals surface area contributed by atoms with E-state index in [1.807, 2.05) is 6.07 Å². The number of nitrogen functional groups attached to an aromatic ring is 1. The first-order valence-corrected chi connectivity index (χ1v) is 7.41. The molecule has 114 valence electrons. The van der Waals surface area contributed by atoms with Gasteiger partial charge in [0.05, 0.1) is 24.8 Å². The van der Waals surface area contributed by atoms with Gasteiger partial charge in [-0.05, 0) is 12.5 Å². The molecule has 4 heterocycles. The first-order valence-electron chi connectivity index (χ1n) is 7.41. The van der Waals surface area contributed by atoms with Crippen molar-refractivity contribution in [2.75, 3.05) is 24.2 Å². The fraction of sp³-hybridized carbons (Fsp3) is 0.400. The lowest BCUT2D eigenvalue weighted by Crippen LogP contribution is -2.28. The van der Waals surface area contributed by atoms with Crippen molar-refractivity contribution in [1.29, 1.82) is 0 Å². The third kappa shape index (κ3) is 1.97. The van der Waals surface area contributed by atoms with Crippen molar-refractivity contribution >= 4 is 17.4 Å². The quantitative estimate of drug-likeness (QED) is 0.821. The van der Waals surface area contributed by atoms with Crippen LogP contribution in [0.25, 0.3) is 0 Å². The second kappa shape index (κ2) is 5.10. The highest BCUT2D eigenvalue weighted by Crippen LogP contribution is 2.33. The molecule has 0 saturated heterocycles. The smallest absolute Gasteiger partial charge is 0.256 e. The molecule has 0 aromatic carbocycles. The Bertz CT molecular complexity index is 740. The van der Waals surface area contributed by atoms with Crippen LogP contribution >= 0.6 is 0 Å². The van der Waals surface area contributed by atoms with Crippen LogP contribution in [0.15, 0.2) is 18.5 Å². The molecule has 0 radical (unpaired) electrons. The highest BCUT2D eigenvalue weighted by Gasteiger charge is 2.31. The predicted molar refractivity (Wildman–Crippen MR) is 80.7 cm³/mol. The van der Waals surface area contributed by atoms with E-state index in [1.54, 1.807) is 12.4 Å². The summed E-state index contributed by atoms with van der Waals surface area (Å²) in [5.74, 6) is 0.0424. The summed E-state index contributed by atoms with van der Waals surface area (Å²) in [6, 6.07) is 1.89. The molecular formula is C15H17N5O2. The number of aromatic nitrogens is 3. The maximum atomic E-state index is 12.9. The van der Waals surface area contributed by atoms with Gasteiger partial charge < -0.3 is 15.8 Å². The monoisotopic (exact) mass is 299 g/mol. The Morgan fingerprint density at radius 3 is 3.27 bits per heavy atom. The van der Waals surface area contributed by atoms with Crippen molar-refractivity contribution in [2.45, 2.75) is 25.4 Å². The standard InChI is InChI=1S/C15H17N5O2/c16-14-11-8-22-6-3-13(11)19-20(14)15(21)9-1-5-18-12-2-4-17-7-10(9)12/h2,4,7,9,18H,1,3,5-6,8,16H2. The third-order valence-corrected chi connectivity index (χ3v) is 4.32. The Morgan fingerprint density at radius 1 is 1.50 bits per heavy atom. The average molecular weight is 299 g/mol. The molecule has 1 atom stereocenters. The largest absolute Gasteiger partial charge is 0.385 e. The van der Waals surface area contributed by atoms with Crippen molar-refractivity contribution < 1.29 is 9.53 Å². The fourth-order valence-electron chi connectivity index (χ4n) is 3.14. The highest BCUT2D eigenvalue weighted by atomic mass is 16.5. The summed E-state index contributed by atoms with van der Waals surface area (Å²) in [6.07, 6.45) is 4.87. The van der Waals surface area contributed by atoms with Crippen molar-refractivity contribution in [1.82, 2.24) is 14.8 Å². The minimum atomic E-state index is -0.269. The molecule has 0 saturated carbocycles. The summed E-state index contributed by atoms with van der Waals surface area (Å²) >= 11 is 0. The number of pyridine rings is 1. The molecule has 1 unspecified atom stereocenters. The van der Waals surface area contributed by atoms with E-state index in [9.17, 15) is 4.79 Å². The number of anilines is 2. The molecule has 2 aromatic rings. The van der Waals surface area contributed by atoms with Crippen LogP contribution in [0.2, 0.25) is 0 Å². The highest BCUT2D eigenvalue weighted by molar-refractivity contribution is 5.90. The molecular weight excluding hydrogens is 282 g/mol. The number of carbonyl (C=O) groups excluding carboxylic acids is 1. The summed E-state index contributed by atoms with van der Waals surface area (Å²) in [7, 11) is 0. The SMILES string of the molecule is Nc1c2c(nn1C(=O)C1CCNc3ccncc31)CCOC2. The number of ether oxygens (including phenoxy) is 1. The van der Waals surface area contributed by atoms with E-state index >= 15 is 0 Å². The lowest BCUT2D eigenvalue weighted by molar-refractivity contribution is 0.0858. The molecule has 2 aliphatic heterocycles. The van der Waals surface area contributed by atoms with E-state index in [0.717, 1.165) is 29.1 Å². The number of nitrogens with one attached hydrogen (secondary N) is 1. The van der Waals surface area contributed by atoms with Crippen molar-refractivity contribution in [3.63, 3.8) is 0 Å². The van der Waals surface area contributed by atoms with Crippen LogP contribution in [0.1, 0.15) is 34.0 Å². The number of fused-ring (bicyclic) bond motifs is 2. The van der Waals surface area contributed by atoms with Crippen molar-refractivity contribution in [2.24, 2.45) is 0 Å². The molecule has 22 heavy (non-hydrogen) atoms. The van der Waals surface area contributed by atoms with Crippen molar-refractivity contribution in [3.8, 4) is 0 Å². The Hall–Kier alpha value is -2.41. The summed E-state index contributed by atoms with van der Waals surface area (Å²) < 4.78 is 6.76. The maximum absolute atomic E-state index is 12.9. The minimum Gasteiger partial charge on any atom is -0.385 e. The first kappa shape index (κ1) is 13.3. The molecule has 2 aliphatic rings. The number of hydrogen-bond donors (Lipinski definition) is 2. The van der Waals surface area contributed by atoms with Crippen molar-refractivity contribution in [3.05, 3.63) is 35.3 Å². The zero-order valence-electron chi connectivity index (χ0n) is 12.1. The Labute approximate surface area is 127 Å². The number of carbonyl (C=O) groups is 1. The summed E-state index contributed by atoms with van der Waals surface area (Å²) in [5, 5.41) is 7.71. The third-order valence-electron chi connectivity index (χ3n) is 4.32. The molecule has 4 rings (SSSR count). The molecule has 0 fully saturated rings. The number of nitrogens with zero attached hydrogens (tertiary/aromatic N) is 3. The Morgan fingerprint density at radius 2 is 2.41 bits per heavy atom. The van der Waals surface area contributed by atoms with Gasteiger partial charge in [-0.1, -0.05) is 0 Å². The number of nitrogens with two attached hydrogens (primary N) is 1. The van der Waals surface area contributed by atoms with Gasteiger partial charge in [0.1, 0.15) is 5.82 Å². The van der Waals surface area contributed by atoms with E-state index in [0.29, 0.717) is 31.9 Å². The molecule has 0 amide bonds. The van der Waals surface area contributed by atoms with Gasteiger partial charge in [-0.3, -0.25) is 9.78 Å². The fourth-order valence-corrected chi connectivity index (χ4v) is 3.14. The number of hydrogen-bond acceptors (Lipinski definition) is 6. The second-order valence-corrected chi connectivity index (χ2v) is 5.59. The lowest BCUT2D eigenvalue weighted by Gasteiger charge is -2.25.